The van der Waals surface area contributed by atoms with Crippen LogP contribution in [0.1, 0.15) is 32.8 Å². The molecule has 1 atom stereocenters. The van der Waals surface area contributed by atoms with Gasteiger partial charge in [-0.2, -0.15) is 0 Å². The lowest BCUT2D eigenvalue weighted by Crippen LogP contribution is -2.19. The molecule has 1 rings (SSSR count). The molecule has 1 unspecified atom stereocenters. The van der Waals surface area contributed by atoms with Crippen LogP contribution in [0.25, 0.3) is 0 Å². The second-order valence-corrected chi connectivity index (χ2v) is 5.20. The zero-order valence-electron chi connectivity index (χ0n) is 11.6. The highest BCUT2D eigenvalue weighted by atomic mass is 16.4. The molecule has 0 saturated carbocycles. The fourth-order valence-electron chi connectivity index (χ4n) is 1.69. The van der Waals surface area contributed by atoms with Gasteiger partial charge in [-0.25, -0.2) is 0 Å². The Morgan fingerprint density at radius 2 is 1.84 bits per heavy atom. The quantitative estimate of drug-likeness (QED) is 0.829. The van der Waals surface area contributed by atoms with E-state index in [1.54, 1.807) is 24.3 Å². The van der Waals surface area contributed by atoms with E-state index in [4.69, 9.17) is 5.11 Å². The van der Waals surface area contributed by atoms with E-state index < -0.39 is 5.97 Å². The predicted molar refractivity (Wildman–Crippen MR) is 75.0 cm³/mol. The third-order valence-electron chi connectivity index (χ3n) is 3.28. The predicted octanol–water partition coefficient (Wildman–Crippen LogP) is 2.93. The van der Waals surface area contributed by atoms with E-state index in [0.29, 0.717) is 29.5 Å². The largest absolute Gasteiger partial charge is 0.481 e. The molecule has 19 heavy (non-hydrogen) atoms. The molecular weight excluding hydrogens is 242 g/mol. The summed E-state index contributed by atoms with van der Waals surface area (Å²) in [5.41, 5.74) is 1.21. The van der Waals surface area contributed by atoms with Crippen LogP contribution in [-0.2, 0) is 16.0 Å². The number of para-hydroxylation sites is 1. The first-order valence-electron chi connectivity index (χ1n) is 6.49. The van der Waals surface area contributed by atoms with Gasteiger partial charge in [-0.05, 0) is 23.5 Å². The molecule has 1 amide bonds. The number of hydrogen-bond donors (Lipinski definition) is 2. The molecule has 0 aliphatic rings. The van der Waals surface area contributed by atoms with Crippen LogP contribution >= 0.6 is 0 Å². The summed E-state index contributed by atoms with van der Waals surface area (Å²) in [6.45, 7) is 6.19. The summed E-state index contributed by atoms with van der Waals surface area (Å²) in [6, 6.07) is 7.00. The van der Waals surface area contributed by atoms with Crippen LogP contribution in [0.2, 0.25) is 0 Å². The van der Waals surface area contributed by atoms with E-state index >= 15 is 0 Å². The van der Waals surface area contributed by atoms with Crippen molar-refractivity contribution in [1.82, 2.24) is 0 Å². The fourth-order valence-corrected chi connectivity index (χ4v) is 1.69. The highest BCUT2D eigenvalue weighted by Crippen LogP contribution is 2.18. The highest BCUT2D eigenvalue weighted by molar-refractivity contribution is 5.92. The number of carbonyl (C=O) groups excluding carboxylic acids is 1. The standard InChI is InChI=1S/C15H21NO3/c1-10(2)11(3)8-14(17)16-13-7-5-4-6-12(13)9-15(18)19/h4-7,10-11H,8-9H2,1-3H3,(H,16,17)(H,18,19). The van der Waals surface area contributed by atoms with Gasteiger partial charge < -0.3 is 10.4 Å². The molecule has 0 heterocycles. The van der Waals surface area contributed by atoms with Gasteiger partial charge in [0.2, 0.25) is 5.91 Å². The van der Waals surface area contributed by atoms with E-state index in [1.807, 2.05) is 6.92 Å². The lowest BCUT2D eigenvalue weighted by Gasteiger charge is -2.16. The lowest BCUT2D eigenvalue weighted by atomic mass is 9.94. The number of amides is 1. The molecule has 104 valence electrons. The van der Waals surface area contributed by atoms with Crippen LogP contribution < -0.4 is 5.32 Å². The number of anilines is 1. The van der Waals surface area contributed by atoms with Crippen molar-refractivity contribution in [3.05, 3.63) is 29.8 Å². The summed E-state index contributed by atoms with van der Waals surface area (Å²) in [6.07, 6.45) is 0.356. The minimum absolute atomic E-state index is 0.0703. The molecule has 4 heteroatoms. The number of carboxylic acid groups (broad SMARTS) is 1. The average molecular weight is 263 g/mol. The van der Waals surface area contributed by atoms with Crippen molar-refractivity contribution in [1.29, 1.82) is 0 Å². The normalized spacial score (nSPS) is 12.2. The van der Waals surface area contributed by atoms with Gasteiger partial charge in [-0.3, -0.25) is 9.59 Å². The molecule has 0 fully saturated rings. The highest BCUT2D eigenvalue weighted by Gasteiger charge is 2.14. The molecular formula is C15H21NO3. The Hall–Kier alpha value is -1.84. The molecule has 0 aliphatic heterocycles. The fraction of sp³-hybridized carbons (Fsp3) is 0.467. The Bertz CT molecular complexity index is 454. The number of rotatable bonds is 6. The summed E-state index contributed by atoms with van der Waals surface area (Å²) < 4.78 is 0. The van der Waals surface area contributed by atoms with Crippen molar-refractivity contribution < 1.29 is 14.7 Å². The van der Waals surface area contributed by atoms with Crippen LogP contribution in [0.4, 0.5) is 5.69 Å². The summed E-state index contributed by atoms with van der Waals surface area (Å²) in [7, 11) is 0. The Labute approximate surface area is 113 Å². The lowest BCUT2D eigenvalue weighted by molar-refractivity contribution is -0.136. The maximum Gasteiger partial charge on any atom is 0.307 e. The van der Waals surface area contributed by atoms with E-state index in [-0.39, 0.29) is 12.3 Å². The Balaban J connectivity index is 2.71. The van der Waals surface area contributed by atoms with Gasteiger partial charge in [-0.1, -0.05) is 39.0 Å². The molecule has 2 N–H and O–H groups in total. The summed E-state index contributed by atoms with van der Waals surface area (Å²) in [5, 5.41) is 11.6. The van der Waals surface area contributed by atoms with E-state index in [2.05, 4.69) is 19.2 Å². The first kappa shape index (κ1) is 15.2. The maximum atomic E-state index is 11.9. The van der Waals surface area contributed by atoms with Gasteiger partial charge in [0.15, 0.2) is 0 Å². The van der Waals surface area contributed by atoms with E-state index in [9.17, 15) is 9.59 Å². The Morgan fingerprint density at radius 3 is 2.42 bits per heavy atom. The number of nitrogens with one attached hydrogen (secondary N) is 1. The average Bonchev–Trinajstić information content (AvgIpc) is 2.30. The second-order valence-electron chi connectivity index (χ2n) is 5.20. The van der Waals surface area contributed by atoms with Crippen molar-refractivity contribution in [2.75, 3.05) is 5.32 Å². The molecule has 1 aromatic rings. The first-order chi connectivity index (χ1) is 8.90. The van der Waals surface area contributed by atoms with Crippen LogP contribution in [0, 0.1) is 11.8 Å². The summed E-state index contributed by atoms with van der Waals surface area (Å²) in [5.74, 6) is -0.233. The van der Waals surface area contributed by atoms with Gasteiger partial charge in [-0.15, -0.1) is 0 Å². The van der Waals surface area contributed by atoms with Crippen LogP contribution in [0.15, 0.2) is 24.3 Å². The van der Waals surface area contributed by atoms with Gasteiger partial charge in [0, 0.05) is 12.1 Å². The first-order valence-corrected chi connectivity index (χ1v) is 6.49. The SMILES string of the molecule is CC(C)C(C)CC(=O)Nc1ccccc1CC(=O)O. The van der Waals surface area contributed by atoms with Crippen molar-refractivity contribution in [2.24, 2.45) is 11.8 Å². The van der Waals surface area contributed by atoms with Gasteiger partial charge in [0.05, 0.1) is 6.42 Å². The zero-order valence-corrected chi connectivity index (χ0v) is 11.6. The third kappa shape index (κ3) is 5.12. The second kappa shape index (κ2) is 6.92. The van der Waals surface area contributed by atoms with Gasteiger partial charge in [0.25, 0.3) is 0 Å². The van der Waals surface area contributed by atoms with Crippen molar-refractivity contribution >= 4 is 17.6 Å². The molecule has 0 aliphatic carbocycles. The number of carbonyl (C=O) groups is 2. The number of hydrogen-bond acceptors (Lipinski definition) is 2. The number of carboxylic acids is 1. The van der Waals surface area contributed by atoms with Crippen molar-refractivity contribution in [3.63, 3.8) is 0 Å². The van der Waals surface area contributed by atoms with Crippen molar-refractivity contribution in [2.45, 2.75) is 33.6 Å². The monoisotopic (exact) mass is 263 g/mol. The Kier molecular flexibility index (Phi) is 5.55. The van der Waals surface area contributed by atoms with Crippen LogP contribution in [-0.4, -0.2) is 17.0 Å². The zero-order chi connectivity index (χ0) is 14.4. The van der Waals surface area contributed by atoms with Gasteiger partial charge >= 0.3 is 5.97 Å². The molecule has 0 bridgehead atoms. The topological polar surface area (TPSA) is 66.4 Å². The van der Waals surface area contributed by atoms with Crippen molar-refractivity contribution in [3.8, 4) is 0 Å². The smallest absolute Gasteiger partial charge is 0.307 e. The molecule has 0 radical (unpaired) electrons. The summed E-state index contributed by atoms with van der Waals surface area (Å²) in [4.78, 5) is 22.7. The minimum atomic E-state index is -0.905. The molecule has 0 spiro atoms. The van der Waals surface area contributed by atoms with Gasteiger partial charge in [0.1, 0.15) is 0 Å². The molecule has 0 saturated heterocycles. The third-order valence-corrected chi connectivity index (χ3v) is 3.28. The molecule has 0 aromatic heterocycles. The number of aliphatic carboxylic acids is 1. The molecule has 4 nitrogen and oxygen atoms in total. The Morgan fingerprint density at radius 1 is 1.21 bits per heavy atom. The molecule has 1 aromatic carbocycles. The van der Waals surface area contributed by atoms with E-state index in [1.165, 1.54) is 0 Å². The minimum Gasteiger partial charge on any atom is -0.481 e. The van der Waals surface area contributed by atoms with E-state index in [0.717, 1.165) is 0 Å². The summed E-state index contributed by atoms with van der Waals surface area (Å²) >= 11 is 0. The number of benzene rings is 1. The van der Waals surface area contributed by atoms with Crippen LogP contribution in [0.3, 0.4) is 0 Å². The van der Waals surface area contributed by atoms with Crippen LogP contribution in [0.5, 0.6) is 0 Å². The maximum absolute atomic E-state index is 11.9.